The smallest absolute Gasteiger partial charge is 0.0547 e. The molecule has 20 heavy (non-hydrogen) atoms. The molecule has 110 valence electrons. The average Bonchev–Trinajstić information content (AvgIpc) is 2.48. The Morgan fingerprint density at radius 1 is 1.40 bits per heavy atom. The highest BCUT2D eigenvalue weighted by Gasteiger charge is 2.48. The highest BCUT2D eigenvalue weighted by Crippen LogP contribution is 2.39. The number of rotatable bonds is 4. The molecule has 1 unspecified atom stereocenters. The van der Waals surface area contributed by atoms with Crippen LogP contribution in [-0.2, 0) is 6.54 Å². The lowest BCUT2D eigenvalue weighted by Gasteiger charge is -2.56. The molecule has 2 bridgehead atoms. The molecule has 0 aliphatic carbocycles. The summed E-state index contributed by atoms with van der Waals surface area (Å²) in [5, 5.41) is 0. The van der Waals surface area contributed by atoms with Crippen LogP contribution in [0.1, 0.15) is 24.2 Å². The van der Waals surface area contributed by atoms with Gasteiger partial charge in [0.2, 0.25) is 0 Å². The quantitative estimate of drug-likeness (QED) is 0.897. The first-order valence-electron chi connectivity index (χ1n) is 7.70. The Morgan fingerprint density at radius 3 is 2.70 bits per heavy atom. The van der Waals surface area contributed by atoms with Crippen molar-refractivity contribution in [2.75, 3.05) is 33.2 Å². The number of aromatic nitrogens is 1. The van der Waals surface area contributed by atoms with Crippen LogP contribution < -0.4 is 5.73 Å². The van der Waals surface area contributed by atoms with Crippen LogP contribution in [0.15, 0.2) is 18.2 Å². The number of hydrogen-bond acceptors (Lipinski definition) is 4. The first-order valence-corrected chi connectivity index (χ1v) is 7.70. The Kier molecular flexibility index (Phi) is 3.80. The van der Waals surface area contributed by atoms with Crippen molar-refractivity contribution in [3.63, 3.8) is 0 Å². The first-order chi connectivity index (χ1) is 9.64. The fraction of sp³-hybridized carbons (Fsp3) is 0.688. The zero-order valence-corrected chi connectivity index (χ0v) is 12.7. The van der Waals surface area contributed by atoms with E-state index in [4.69, 9.17) is 5.73 Å². The molecular weight excluding hydrogens is 248 g/mol. The molecule has 4 rings (SSSR count). The molecule has 4 heteroatoms. The van der Waals surface area contributed by atoms with Gasteiger partial charge >= 0.3 is 0 Å². The topological polar surface area (TPSA) is 45.4 Å². The number of aryl methyl sites for hydroxylation is 1. The average molecular weight is 274 g/mol. The first kappa shape index (κ1) is 14.0. The fourth-order valence-corrected chi connectivity index (χ4v) is 4.05. The monoisotopic (exact) mass is 274 g/mol. The van der Waals surface area contributed by atoms with Gasteiger partial charge < -0.3 is 10.6 Å². The molecule has 1 atom stereocenters. The van der Waals surface area contributed by atoms with Gasteiger partial charge in [-0.15, -0.1) is 0 Å². The lowest BCUT2D eigenvalue weighted by atomic mass is 9.71. The Labute approximate surface area is 122 Å². The Hall–Kier alpha value is -0.970. The molecule has 1 aromatic rings. The fourth-order valence-electron chi connectivity index (χ4n) is 4.05. The molecule has 0 radical (unpaired) electrons. The van der Waals surface area contributed by atoms with Gasteiger partial charge in [-0.3, -0.25) is 9.88 Å². The van der Waals surface area contributed by atoms with Crippen LogP contribution in [0.25, 0.3) is 0 Å². The molecule has 0 aromatic carbocycles. The minimum Gasteiger partial charge on any atom is -0.329 e. The molecule has 3 aliphatic heterocycles. The summed E-state index contributed by atoms with van der Waals surface area (Å²) < 4.78 is 0. The molecule has 0 spiro atoms. The molecule has 4 heterocycles. The SMILES string of the molecule is Cc1cccc(CN(C)C2(CN)CN3CCC2CC3)n1. The van der Waals surface area contributed by atoms with E-state index >= 15 is 0 Å². The van der Waals surface area contributed by atoms with Gasteiger partial charge in [-0.2, -0.15) is 0 Å². The summed E-state index contributed by atoms with van der Waals surface area (Å²) in [6.07, 6.45) is 2.59. The van der Waals surface area contributed by atoms with Crippen molar-refractivity contribution in [1.29, 1.82) is 0 Å². The number of fused-ring (bicyclic) bond motifs is 3. The van der Waals surface area contributed by atoms with E-state index in [-0.39, 0.29) is 5.54 Å². The summed E-state index contributed by atoms with van der Waals surface area (Å²) >= 11 is 0. The zero-order chi connectivity index (χ0) is 14.2. The number of hydrogen-bond donors (Lipinski definition) is 1. The molecule has 3 aliphatic rings. The van der Waals surface area contributed by atoms with Crippen molar-refractivity contribution in [3.05, 3.63) is 29.6 Å². The predicted octanol–water partition coefficient (Wildman–Crippen LogP) is 1.24. The number of piperidine rings is 3. The summed E-state index contributed by atoms with van der Waals surface area (Å²) in [5.41, 5.74) is 8.60. The van der Waals surface area contributed by atoms with Crippen LogP contribution in [-0.4, -0.2) is 53.5 Å². The summed E-state index contributed by atoms with van der Waals surface area (Å²) in [4.78, 5) is 9.68. The second-order valence-electron chi connectivity index (χ2n) is 6.48. The number of likely N-dealkylation sites (N-methyl/N-ethyl adjacent to an activating group) is 1. The molecule has 4 nitrogen and oxygen atoms in total. The zero-order valence-electron chi connectivity index (χ0n) is 12.7. The summed E-state index contributed by atoms with van der Waals surface area (Å²) in [6, 6.07) is 6.27. The minimum atomic E-state index is 0.141. The van der Waals surface area contributed by atoms with E-state index in [1.807, 2.05) is 0 Å². The van der Waals surface area contributed by atoms with Gasteiger partial charge in [0, 0.05) is 30.9 Å². The molecule has 3 saturated heterocycles. The maximum Gasteiger partial charge on any atom is 0.0547 e. The van der Waals surface area contributed by atoms with Crippen LogP contribution in [0.4, 0.5) is 0 Å². The van der Waals surface area contributed by atoms with Gasteiger partial charge in [-0.25, -0.2) is 0 Å². The molecule has 0 amide bonds. The minimum absolute atomic E-state index is 0.141. The Balaban J connectivity index is 1.79. The van der Waals surface area contributed by atoms with Gasteiger partial charge in [0.05, 0.1) is 5.69 Å². The number of pyridine rings is 1. The maximum atomic E-state index is 6.22. The summed E-state index contributed by atoms with van der Waals surface area (Å²) in [5.74, 6) is 0.743. The largest absolute Gasteiger partial charge is 0.329 e. The van der Waals surface area contributed by atoms with Gasteiger partial charge in [0.15, 0.2) is 0 Å². The molecule has 2 N–H and O–H groups in total. The van der Waals surface area contributed by atoms with Gasteiger partial charge in [-0.1, -0.05) is 6.07 Å². The van der Waals surface area contributed by atoms with Crippen molar-refractivity contribution >= 4 is 0 Å². The van der Waals surface area contributed by atoms with E-state index in [2.05, 4.69) is 47.0 Å². The lowest BCUT2D eigenvalue weighted by molar-refractivity contribution is -0.0600. The van der Waals surface area contributed by atoms with E-state index in [9.17, 15) is 0 Å². The molecular formula is C16H26N4. The van der Waals surface area contributed by atoms with E-state index in [0.29, 0.717) is 0 Å². The van der Waals surface area contributed by atoms with Crippen molar-refractivity contribution in [1.82, 2.24) is 14.8 Å². The number of nitrogens with two attached hydrogens (primary N) is 1. The molecule has 3 fully saturated rings. The van der Waals surface area contributed by atoms with E-state index in [0.717, 1.165) is 36.9 Å². The van der Waals surface area contributed by atoms with Gasteiger partial charge in [0.25, 0.3) is 0 Å². The van der Waals surface area contributed by atoms with Crippen molar-refractivity contribution in [2.24, 2.45) is 11.7 Å². The lowest BCUT2D eigenvalue weighted by Crippen LogP contribution is -2.69. The van der Waals surface area contributed by atoms with E-state index in [1.54, 1.807) is 0 Å². The third-order valence-corrected chi connectivity index (χ3v) is 5.30. The van der Waals surface area contributed by atoms with E-state index < -0.39 is 0 Å². The van der Waals surface area contributed by atoms with Crippen molar-refractivity contribution in [3.8, 4) is 0 Å². The third-order valence-electron chi connectivity index (χ3n) is 5.30. The van der Waals surface area contributed by atoms with Gasteiger partial charge in [-0.05, 0) is 58.0 Å². The standard InChI is InChI=1S/C16H26N4/c1-13-4-3-5-15(18-13)10-19(2)16(11-17)12-20-8-6-14(16)7-9-20/h3-5,14H,6-12,17H2,1-2H3. The van der Waals surface area contributed by atoms with Crippen LogP contribution in [0.2, 0.25) is 0 Å². The van der Waals surface area contributed by atoms with Gasteiger partial charge in [0.1, 0.15) is 0 Å². The van der Waals surface area contributed by atoms with Crippen LogP contribution in [0.5, 0.6) is 0 Å². The van der Waals surface area contributed by atoms with Crippen molar-refractivity contribution in [2.45, 2.75) is 31.8 Å². The van der Waals surface area contributed by atoms with Crippen LogP contribution in [0, 0.1) is 12.8 Å². The van der Waals surface area contributed by atoms with Crippen LogP contribution in [0.3, 0.4) is 0 Å². The van der Waals surface area contributed by atoms with Crippen LogP contribution >= 0.6 is 0 Å². The second kappa shape index (κ2) is 5.43. The van der Waals surface area contributed by atoms with E-state index in [1.165, 1.54) is 25.9 Å². The maximum absolute atomic E-state index is 6.22. The summed E-state index contributed by atoms with van der Waals surface area (Å²) in [6.45, 7) is 7.32. The Bertz CT molecular complexity index is 467. The number of nitrogens with zero attached hydrogens (tertiary/aromatic N) is 3. The normalized spacial score (nSPS) is 32.8. The Morgan fingerprint density at radius 2 is 2.15 bits per heavy atom. The second-order valence-corrected chi connectivity index (χ2v) is 6.48. The molecule has 0 saturated carbocycles. The predicted molar refractivity (Wildman–Crippen MR) is 81.4 cm³/mol. The third kappa shape index (κ3) is 2.36. The molecule has 1 aromatic heterocycles. The highest BCUT2D eigenvalue weighted by molar-refractivity contribution is 5.12. The highest BCUT2D eigenvalue weighted by atomic mass is 15.3. The summed E-state index contributed by atoms with van der Waals surface area (Å²) in [7, 11) is 2.22. The van der Waals surface area contributed by atoms with Crippen molar-refractivity contribution < 1.29 is 0 Å².